The lowest BCUT2D eigenvalue weighted by Crippen LogP contribution is -2.14. The summed E-state index contributed by atoms with van der Waals surface area (Å²) in [6, 6.07) is 15.7. The van der Waals surface area contributed by atoms with E-state index in [-0.39, 0.29) is 15.8 Å². The van der Waals surface area contributed by atoms with Crippen LogP contribution in [0.15, 0.2) is 63.5 Å². The Balaban J connectivity index is 1.71. The molecular weight excluding hydrogens is 483 g/mol. The number of ether oxygens (including phenoxy) is 2. The first kappa shape index (κ1) is 25.1. The quantitative estimate of drug-likeness (QED) is 0.397. The summed E-state index contributed by atoms with van der Waals surface area (Å²) in [5.74, 6) is -0.0264. The van der Waals surface area contributed by atoms with Gasteiger partial charge in [-0.25, -0.2) is 4.21 Å². The Bertz CT molecular complexity index is 1230. The van der Waals surface area contributed by atoms with Crippen LogP contribution < -0.4 is 4.74 Å². The van der Waals surface area contributed by atoms with Gasteiger partial charge >= 0.3 is 5.97 Å². The first-order valence-electron chi connectivity index (χ1n) is 10.1. The molecule has 2 aromatic rings. The van der Waals surface area contributed by atoms with Crippen LogP contribution in [0.4, 0.5) is 5.69 Å². The average molecular weight is 507 g/mol. The van der Waals surface area contributed by atoms with E-state index in [1.165, 1.54) is 0 Å². The highest BCUT2D eigenvalue weighted by atomic mass is 35.5. The van der Waals surface area contributed by atoms with Crippen molar-refractivity contribution in [3.63, 3.8) is 0 Å². The van der Waals surface area contributed by atoms with Gasteiger partial charge in [-0.3, -0.25) is 4.79 Å². The molecule has 0 N–H and O–H groups in total. The summed E-state index contributed by atoms with van der Waals surface area (Å²) in [7, 11) is -2.25. The first-order valence-corrected chi connectivity index (χ1v) is 13.2. The number of esters is 1. The predicted octanol–water partition coefficient (Wildman–Crippen LogP) is 6.54. The number of allylic oxidation sites excluding steroid dienone is 1. The molecule has 9 heteroatoms. The number of hydrogen-bond acceptors (Lipinski definition) is 6. The van der Waals surface area contributed by atoms with Gasteiger partial charge in [0.05, 0.1) is 11.6 Å². The van der Waals surface area contributed by atoms with Gasteiger partial charge in [0, 0.05) is 27.8 Å². The van der Waals surface area contributed by atoms with E-state index in [1.807, 2.05) is 19.9 Å². The van der Waals surface area contributed by atoms with Gasteiger partial charge in [0.1, 0.15) is 22.1 Å². The molecule has 0 aromatic heterocycles. The number of benzene rings is 2. The fraction of sp³-hybridized carbons (Fsp3) is 0.333. The second-order valence-electron chi connectivity index (χ2n) is 8.67. The van der Waals surface area contributed by atoms with Crippen molar-refractivity contribution in [2.75, 3.05) is 12.5 Å². The van der Waals surface area contributed by atoms with E-state index in [9.17, 15) is 14.3 Å². The van der Waals surface area contributed by atoms with E-state index in [4.69, 9.17) is 32.7 Å². The number of carbonyl (C=O) groups excluding carboxylic acids is 1. The SMILES string of the molecule is CC1(C)[C@H](C=C(Cl)Cl)[C@@H]1C(=O)O[C@@H](C#N)c1cccc(Oc2ccc(N=S(C)(C)=O)cc2)c1. The lowest BCUT2D eigenvalue weighted by Gasteiger charge is -2.13. The van der Waals surface area contributed by atoms with E-state index in [0.29, 0.717) is 22.7 Å². The molecule has 3 rings (SSSR count). The van der Waals surface area contributed by atoms with E-state index in [0.717, 1.165) is 0 Å². The maximum absolute atomic E-state index is 12.7. The summed E-state index contributed by atoms with van der Waals surface area (Å²) in [6.45, 7) is 3.84. The Morgan fingerprint density at radius 3 is 2.42 bits per heavy atom. The van der Waals surface area contributed by atoms with Crippen molar-refractivity contribution in [1.29, 1.82) is 5.26 Å². The Kier molecular flexibility index (Phi) is 7.42. The van der Waals surface area contributed by atoms with E-state index in [1.54, 1.807) is 67.1 Å². The summed E-state index contributed by atoms with van der Waals surface area (Å²) in [6.07, 6.45) is 3.67. The standard InChI is InChI=1S/C24H24Cl2N2O4S/c1-24(2)19(13-21(25)26)22(24)23(29)32-20(14-27)15-6-5-7-18(12-15)31-17-10-8-16(9-11-17)28-33(3,4)30/h5-13,19-20,22H,1-4H3/t19-,20+,22-/m1/s1. The van der Waals surface area contributed by atoms with E-state index < -0.39 is 27.7 Å². The van der Waals surface area contributed by atoms with Crippen molar-refractivity contribution >= 4 is 44.6 Å². The molecular formula is C24H24Cl2N2O4S. The minimum Gasteiger partial charge on any atom is -0.457 e. The summed E-state index contributed by atoms with van der Waals surface area (Å²) in [4.78, 5) is 12.7. The minimum absolute atomic E-state index is 0.102. The third-order valence-corrected chi connectivity index (χ3v) is 6.28. The van der Waals surface area contributed by atoms with Crippen LogP contribution in [0.2, 0.25) is 0 Å². The number of nitrogens with zero attached hydrogens (tertiary/aromatic N) is 2. The highest BCUT2D eigenvalue weighted by Gasteiger charge is 2.62. The zero-order valence-electron chi connectivity index (χ0n) is 18.6. The molecule has 0 amide bonds. The monoisotopic (exact) mass is 506 g/mol. The van der Waals surface area contributed by atoms with Gasteiger partial charge in [-0.05, 0) is 53.8 Å². The fourth-order valence-corrected chi connectivity index (χ4v) is 4.54. The largest absolute Gasteiger partial charge is 0.457 e. The van der Waals surface area contributed by atoms with Crippen molar-refractivity contribution in [3.8, 4) is 17.6 Å². The molecule has 33 heavy (non-hydrogen) atoms. The van der Waals surface area contributed by atoms with Gasteiger partial charge in [-0.1, -0.05) is 49.2 Å². The molecule has 0 aliphatic heterocycles. The van der Waals surface area contributed by atoms with Crippen molar-refractivity contribution in [2.24, 2.45) is 21.6 Å². The van der Waals surface area contributed by atoms with Gasteiger partial charge in [0.15, 0.2) is 0 Å². The lowest BCUT2D eigenvalue weighted by molar-refractivity contribution is -0.149. The normalized spacial score (nSPS) is 19.5. The van der Waals surface area contributed by atoms with Crippen molar-refractivity contribution < 1.29 is 18.5 Å². The Morgan fingerprint density at radius 1 is 1.18 bits per heavy atom. The van der Waals surface area contributed by atoms with Gasteiger partial charge in [-0.2, -0.15) is 9.62 Å². The Labute approximate surface area is 204 Å². The summed E-state index contributed by atoms with van der Waals surface area (Å²) < 4.78 is 27.4. The number of nitriles is 1. The van der Waals surface area contributed by atoms with Crippen LogP contribution in [0.3, 0.4) is 0 Å². The summed E-state index contributed by atoms with van der Waals surface area (Å²) in [5.41, 5.74) is 0.736. The summed E-state index contributed by atoms with van der Waals surface area (Å²) in [5, 5.41) is 9.62. The molecule has 0 spiro atoms. The molecule has 1 aliphatic rings. The number of carbonyl (C=O) groups is 1. The van der Waals surface area contributed by atoms with Crippen LogP contribution in [0.25, 0.3) is 0 Å². The molecule has 1 aliphatic carbocycles. The predicted molar refractivity (Wildman–Crippen MR) is 130 cm³/mol. The second-order valence-corrected chi connectivity index (χ2v) is 12.2. The van der Waals surface area contributed by atoms with Crippen LogP contribution in [0.5, 0.6) is 11.5 Å². The zero-order chi connectivity index (χ0) is 24.4. The summed E-state index contributed by atoms with van der Waals surface area (Å²) >= 11 is 11.5. The Morgan fingerprint density at radius 2 is 1.85 bits per heavy atom. The highest BCUT2D eigenvalue weighted by molar-refractivity contribution is 7.92. The maximum atomic E-state index is 12.7. The molecule has 1 saturated carbocycles. The van der Waals surface area contributed by atoms with Crippen molar-refractivity contribution in [1.82, 2.24) is 0 Å². The smallest absolute Gasteiger partial charge is 0.311 e. The number of rotatable bonds is 7. The number of halogens is 2. The topological polar surface area (TPSA) is 88.8 Å². The average Bonchev–Trinajstić information content (AvgIpc) is 3.25. The molecule has 2 aromatic carbocycles. The van der Waals surface area contributed by atoms with Crippen LogP contribution >= 0.6 is 23.2 Å². The molecule has 0 bridgehead atoms. The van der Waals surface area contributed by atoms with Gasteiger partial charge in [-0.15, -0.1) is 0 Å². The molecule has 0 saturated heterocycles. The first-order chi connectivity index (χ1) is 15.4. The van der Waals surface area contributed by atoms with Crippen LogP contribution in [0.1, 0.15) is 25.5 Å². The molecule has 0 radical (unpaired) electrons. The van der Waals surface area contributed by atoms with Crippen molar-refractivity contribution in [2.45, 2.75) is 20.0 Å². The molecule has 0 heterocycles. The van der Waals surface area contributed by atoms with Gasteiger partial charge < -0.3 is 9.47 Å². The van der Waals surface area contributed by atoms with E-state index in [2.05, 4.69) is 4.36 Å². The van der Waals surface area contributed by atoms with Crippen molar-refractivity contribution in [3.05, 3.63) is 64.7 Å². The van der Waals surface area contributed by atoms with Crippen LogP contribution in [-0.2, 0) is 19.3 Å². The Hall–Kier alpha value is -2.53. The van der Waals surface area contributed by atoms with Gasteiger partial charge in [0.2, 0.25) is 6.10 Å². The molecule has 3 atom stereocenters. The molecule has 0 unspecified atom stereocenters. The fourth-order valence-electron chi connectivity index (χ4n) is 3.64. The highest BCUT2D eigenvalue weighted by Crippen LogP contribution is 2.60. The van der Waals surface area contributed by atoms with E-state index >= 15 is 0 Å². The molecule has 174 valence electrons. The maximum Gasteiger partial charge on any atom is 0.311 e. The third-order valence-electron chi connectivity index (χ3n) is 5.38. The molecule has 6 nitrogen and oxygen atoms in total. The lowest BCUT2D eigenvalue weighted by atomic mass is 10.1. The number of hydrogen-bond donors (Lipinski definition) is 0. The zero-order valence-corrected chi connectivity index (χ0v) is 20.9. The minimum atomic E-state index is -2.25. The van der Waals surface area contributed by atoms with Gasteiger partial charge in [0.25, 0.3) is 0 Å². The van der Waals surface area contributed by atoms with Crippen LogP contribution in [-0.4, -0.2) is 22.7 Å². The van der Waals surface area contributed by atoms with Crippen LogP contribution in [0, 0.1) is 28.6 Å². The second kappa shape index (κ2) is 9.76. The third kappa shape index (κ3) is 6.50. The molecule has 1 fully saturated rings.